The molecule has 2 atom stereocenters. The van der Waals surface area contributed by atoms with Crippen molar-refractivity contribution in [3.05, 3.63) is 34.4 Å². The van der Waals surface area contributed by atoms with E-state index in [4.69, 9.17) is 21.7 Å². The van der Waals surface area contributed by atoms with Crippen LogP contribution in [0.3, 0.4) is 0 Å². The molecule has 0 aliphatic rings. The Bertz CT molecular complexity index is 656. The van der Waals surface area contributed by atoms with Crippen molar-refractivity contribution in [2.45, 2.75) is 38.8 Å². The number of non-ortho nitro benzene ring substituents is 1. The summed E-state index contributed by atoms with van der Waals surface area (Å²) in [5.74, 6) is -0.802. The topological polar surface area (TPSA) is 199 Å². The van der Waals surface area contributed by atoms with Crippen molar-refractivity contribution < 1.29 is 29.5 Å². The molecule has 7 N–H and O–H groups in total. The van der Waals surface area contributed by atoms with Crippen molar-refractivity contribution in [2.24, 2.45) is 11.7 Å². The van der Waals surface area contributed by atoms with Crippen LogP contribution in [0.2, 0.25) is 0 Å². The minimum atomic E-state index is -0.980. The van der Waals surface area contributed by atoms with Gasteiger partial charge in [0.05, 0.1) is 4.92 Å². The van der Waals surface area contributed by atoms with Crippen LogP contribution < -0.4 is 16.8 Å². The number of carboxylic acids is 2. The summed E-state index contributed by atoms with van der Waals surface area (Å²) in [6.07, 6.45) is 3.32. The molecule has 0 unspecified atom stereocenters. The average Bonchev–Trinajstić information content (AvgIpc) is 2.65. The predicted octanol–water partition coefficient (Wildman–Crippen LogP) is 1.56. The third-order valence-electron chi connectivity index (χ3n) is 3.32. The van der Waals surface area contributed by atoms with Gasteiger partial charge in [0.1, 0.15) is 12.1 Å². The lowest BCUT2D eigenvalue weighted by molar-refractivity contribution is -0.384. The van der Waals surface area contributed by atoms with Crippen LogP contribution >= 0.6 is 11.8 Å². The van der Waals surface area contributed by atoms with Gasteiger partial charge in [-0.3, -0.25) is 19.7 Å². The molecular weight excluding hydrogens is 416 g/mol. The van der Waals surface area contributed by atoms with Gasteiger partial charge in [-0.15, -0.1) is 0 Å². The summed E-state index contributed by atoms with van der Waals surface area (Å²) in [5, 5.41) is 29.1. The molecule has 170 valence electrons. The summed E-state index contributed by atoms with van der Waals surface area (Å²) in [7, 11) is 0. The number of carboxylic acid groups (broad SMARTS) is 2. The van der Waals surface area contributed by atoms with Gasteiger partial charge < -0.3 is 27.0 Å². The number of nitrogens with zero attached hydrogens (tertiary/aromatic N) is 1. The van der Waals surface area contributed by atoms with E-state index in [0.717, 1.165) is 5.75 Å². The first-order valence-electron chi connectivity index (χ1n) is 8.85. The Labute approximate surface area is 179 Å². The Morgan fingerprint density at radius 3 is 2.07 bits per heavy atom. The zero-order valence-corrected chi connectivity index (χ0v) is 18.0. The van der Waals surface area contributed by atoms with E-state index < -0.39 is 28.9 Å². The second kappa shape index (κ2) is 17.0. The van der Waals surface area contributed by atoms with Crippen LogP contribution in [-0.2, 0) is 14.4 Å². The molecule has 0 saturated heterocycles. The van der Waals surface area contributed by atoms with E-state index in [1.165, 1.54) is 24.3 Å². The molecule has 30 heavy (non-hydrogen) atoms. The molecule has 0 aliphatic carbocycles. The fourth-order valence-electron chi connectivity index (χ4n) is 1.80. The van der Waals surface area contributed by atoms with E-state index in [0.29, 0.717) is 30.9 Å². The molecule has 1 amide bonds. The quantitative estimate of drug-likeness (QED) is 0.152. The number of carbonyl (C=O) groups excluding carboxylic acids is 1. The van der Waals surface area contributed by atoms with Crippen LogP contribution in [-0.4, -0.2) is 57.6 Å². The van der Waals surface area contributed by atoms with Crippen LogP contribution in [0.5, 0.6) is 0 Å². The van der Waals surface area contributed by atoms with Gasteiger partial charge in [-0.2, -0.15) is 11.8 Å². The Kier molecular flexibility index (Phi) is 16.7. The zero-order valence-electron chi connectivity index (χ0n) is 17.2. The van der Waals surface area contributed by atoms with Gasteiger partial charge in [0.2, 0.25) is 6.41 Å². The number of nitrogen functional groups attached to an aromatic ring is 1. The smallest absolute Gasteiger partial charge is 0.326 e. The summed E-state index contributed by atoms with van der Waals surface area (Å²) in [4.78, 5) is 40.0. The molecule has 0 fully saturated rings. The maximum atomic E-state index is 10.4. The predicted molar refractivity (Wildman–Crippen MR) is 116 cm³/mol. The van der Waals surface area contributed by atoms with E-state index in [-0.39, 0.29) is 5.69 Å². The van der Waals surface area contributed by atoms with Gasteiger partial charge in [0.15, 0.2) is 0 Å². The Morgan fingerprint density at radius 2 is 1.77 bits per heavy atom. The number of thioether (sulfide) groups is 1. The molecule has 0 spiro atoms. The molecule has 12 heteroatoms. The van der Waals surface area contributed by atoms with Gasteiger partial charge >= 0.3 is 11.9 Å². The number of aliphatic carboxylic acids is 2. The molecule has 0 aliphatic heterocycles. The number of rotatable bonds is 10. The molecule has 0 saturated carbocycles. The molecule has 11 nitrogen and oxygen atoms in total. The van der Waals surface area contributed by atoms with E-state index in [9.17, 15) is 24.5 Å². The van der Waals surface area contributed by atoms with Gasteiger partial charge in [-0.05, 0) is 42.9 Å². The Balaban J connectivity index is 0. The number of amides is 1. The Hall–Kier alpha value is -2.86. The third kappa shape index (κ3) is 16.1. The number of nitrogens with one attached hydrogen (secondary N) is 1. The maximum absolute atomic E-state index is 10.4. The zero-order chi connectivity index (χ0) is 23.7. The van der Waals surface area contributed by atoms with Crippen molar-refractivity contribution >= 4 is 41.5 Å². The highest BCUT2D eigenvalue weighted by atomic mass is 32.2. The normalized spacial score (nSPS) is 11.6. The SMILES string of the molecule is CC(C)C[C@H](N)C(=O)O.CSCC[C@H](NC=O)C(=O)O.Nc1ccc([N+](=O)[O-])cc1. The van der Waals surface area contributed by atoms with Gasteiger partial charge in [-0.25, -0.2) is 4.79 Å². The highest BCUT2D eigenvalue weighted by Crippen LogP contribution is 2.12. The highest BCUT2D eigenvalue weighted by Gasteiger charge is 2.14. The molecule has 0 heterocycles. The first kappa shape index (κ1) is 29.3. The van der Waals surface area contributed by atoms with Gasteiger partial charge in [0.25, 0.3) is 5.69 Å². The van der Waals surface area contributed by atoms with Crippen LogP contribution in [0, 0.1) is 16.0 Å². The standard InChI is InChI=1S/C6H6N2O2.C6H11NO3S.C6H13NO2/c7-5-1-3-6(4-2-5)8(9)10;1-11-3-2-5(6(9)10)7-4-8;1-4(2)3-5(7)6(8)9/h1-4H,7H2;4-5H,2-3H2,1H3,(H,7,8)(H,9,10);4-5H,3,7H2,1-2H3,(H,8,9)/t;2*5-/m.00/s1. The minimum absolute atomic E-state index is 0.0641. The van der Waals surface area contributed by atoms with Crippen molar-refractivity contribution in [3.63, 3.8) is 0 Å². The molecule has 1 aromatic rings. The molecule has 0 radical (unpaired) electrons. The molecule has 0 aromatic heterocycles. The van der Waals surface area contributed by atoms with Crippen LogP contribution in [0.25, 0.3) is 0 Å². The van der Waals surface area contributed by atoms with Crippen LogP contribution in [0.15, 0.2) is 24.3 Å². The summed E-state index contributed by atoms with van der Waals surface area (Å²) >= 11 is 1.55. The van der Waals surface area contributed by atoms with E-state index in [1.807, 2.05) is 20.1 Å². The number of hydrogen-bond donors (Lipinski definition) is 5. The van der Waals surface area contributed by atoms with Crippen LogP contribution in [0.1, 0.15) is 26.7 Å². The fourth-order valence-corrected chi connectivity index (χ4v) is 2.27. The monoisotopic (exact) mass is 446 g/mol. The van der Waals surface area contributed by atoms with Crippen LogP contribution in [0.4, 0.5) is 11.4 Å². The summed E-state index contributed by atoms with van der Waals surface area (Å²) in [6, 6.07) is 4.31. The number of nitro benzene ring substituents is 1. The number of nitro groups is 1. The van der Waals surface area contributed by atoms with Crippen molar-refractivity contribution in [1.82, 2.24) is 5.32 Å². The number of benzene rings is 1. The number of hydrogen-bond acceptors (Lipinski definition) is 8. The van der Waals surface area contributed by atoms with Crippen molar-refractivity contribution in [2.75, 3.05) is 17.7 Å². The number of anilines is 1. The van der Waals surface area contributed by atoms with Gasteiger partial charge in [0, 0.05) is 17.8 Å². The van der Waals surface area contributed by atoms with E-state index >= 15 is 0 Å². The highest BCUT2D eigenvalue weighted by molar-refractivity contribution is 7.98. The Morgan fingerprint density at radius 1 is 1.23 bits per heavy atom. The van der Waals surface area contributed by atoms with Crippen molar-refractivity contribution in [3.8, 4) is 0 Å². The lowest BCUT2D eigenvalue weighted by Crippen LogP contribution is -2.36. The number of nitrogens with two attached hydrogens (primary N) is 2. The van der Waals surface area contributed by atoms with E-state index in [1.54, 1.807) is 11.8 Å². The largest absolute Gasteiger partial charge is 0.480 e. The third-order valence-corrected chi connectivity index (χ3v) is 3.97. The van der Waals surface area contributed by atoms with E-state index in [2.05, 4.69) is 5.32 Å². The lowest BCUT2D eigenvalue weighted by Gasteiger charge is -2.08. The second-order valence-electron chi connectivity index (χ2n) is 6.38. The first-order chi connectivity index (χ1) is 14.0. The lowest BCUT2D eigenvalue weighted by atomic mass is 10.1. The minimum Gasteiger partial charge on any atom is -0.480 e. The first-order valence-corrected chi connectivity index (χ1v) is 10.2. The summed E-state index contributed by atoms with van der Waals surface area (Å²) in [6.45, 7) is 3.89. The number of carbonyl (C=O) groups is 3. The summed E-state index contributed by atoms with van der Waals surface area (Å²) < 4.78 is 0. The molecular formula is C18H30N4O7S. The second-order valence-corrected chi connectivity index (χ2v) is 7.37. The van der Waals surface area contributed by atoms with Gasteiger partial charge in [-0.1, -0.05) is 13.8 Å². The fraction of sp³-hybridized carbons (Fsp3) is 0.500. The molecule has 1 aromatic carbocycles. The molecule has 1 rings (SSSR count). The molecule has 0 bridgehead atoms. The van der Waals surface area contributed by atoms with Crippen molar-refractivity contribution in [1.29, 1.82) is 0 Å². The average molecular weight is 447 g/mol. The maximum Gasteiger partial charge on any atom is 0.326 e. The summed E-state index contributed by atoms with van der Waals surface area (Å²) in [5.41, 5.74) is 11.1.